The molecule has 0 fully saturated rings. The van der Waals surface area contributed by atoms with Crippen molar-refractivity contribution in [3.8, 4) is 0 Å². The van der Waals surface area contributed by atoms with Gasteiger partial charge in [0.2, 0.25) is 0 Å². The normalized spacial score (nSPS) is 10.4. The number of ether oxygens (including phenoxy) is 1. The van der Waals surface area contributed by atoms with Crippen LogP contribution in [-0.2, 0) is 4.74 Å². The third-order valence-corrected chi connectivity index (χ3v) is 2.28. The maximum Gasteiger partial charge on any atom is 0.129 e. The van der Waals surface area contributed by atoms with Gasteiger partial charge in [-0.3, -0.25) is 0 Å². The lowest BCUT2D eigenvalue weighted by molar-refractivity contribution is 0.141. The first-order valence-corrected chi connectivity index (χ1v) is 5.77. The van der Waals surface area contributed by atoms with Crippen LogP contribution in [0, 0.1) is 6.92 Å². The van der Waals surface area contributed by atoms with Crippen molar-refractivity contribution in [3.63, 3.8) is 0 Å². The van der Waals surface area contributed by atoms with Gasteiger partial charge in [-0.25, -0.2) is 4.98 Å². The summed E-state index contributed by atoms with van der Waals surface area (Å²) in [6, 6.07) is 1.91. The number of nitrogens with one attached hydrogen (secondary N) is 1. The summed E-state index contributed by atoms with van der Waals surface area (Å²) in [6.45, 7) is 6.48. The Bertz CT molecular complexity index is 315. The quantitative estimate of drug-likeness (QED) is 0.696. The second kappa shape index (κ2) is 7.06. The van der Waals surface area contributed by atoms with Crippen molar-refractivity contribution in [2.24, 2.45) is 0 Å². The molecule has 0 atom stereocenters. The Morgan fingerprint density at radius 3 is 2.94 bits per heavy atom. The number of unbranched alkanes of at least 4 members (excludes halogenated alkanes) is 1. The number of rotatable bonds is 7. The molecule has 0 saturated carbocycles. The largest absolute Gasteiger partial charge is 0.397 e. The second-order valence-electron chi connectivity index (χ2n) is 3.83. The molecule has 0 bridgehead atoms. The summed E-state index contributed by atoms with van der Waals surface area (Å²) in [6.07, 6.45) is 3.96. The minimum Gasteiger partial charge on any atom is -0.397 e. The highest BCUT2D eigenvalue weighted by molar-refractivity contribution is 5.50. The van der Waals surface area contributed by atoms with Crippen LogP contribution < -0.4 is 11.1 Å². The van der Waals surface area contributed by atoms with Gasteiger partial charge >= 0.3 is 0 Å². The highest BCUT2D eigenvalue weighted by atomic mass is 16.5. The van der Waals surface area contributed by atoms with E-state index in [0.29, 0.717) is 12.3 Å². The van der Waals surface area contributed by atoms with Crippen molar-refractivity contribution in [2.45, 2.75) is 26.7 Å². The maximum absolute atomic E-state index is 5.62. The van der Waals surface area contributed by atoms with Gasteiger partial charge in [0.05, 0.1) is 18.5 Å². The molecule has 3 N–H and O–H groups in total. The fraction of sp³-hybridized carbons (Fsp3) is 0.583. The summed E-state index contributed by atoms with van der Waals surface area (Å²) < 4.78 is 5.44. The van der Waals surface area contributed by atoms with E-state index in [4.69, 9.17) is 10.5 Å². The van der Waals surface area contributed by atoms with Gasteiger partial charge in [-0.2, -0.15) is 0 Å². The maximum atomic E-state index is 5.62. The van der Waals surface area contributed by atoms with Crippen LogP contribution in [0.4, 0.5) is 11.5 Å². The Balaban J connectivity index is 2.21. The van der Waals surface area contributed by atoms with E-state index in [2.05, 4.69) is 17.2 Å². The smallest absolute Gasteiger partial charge is 0.129 e. The minimum atomic E-state index is 0.697. The first kappa shape index (κ1) is 12.8. The average Bonchev–Trinajstić information content (AvgIpc) is 2.26. The first-order chi connectivity index (χ1) is 7.74. The van der Waals surface area contributed by atoms with Crippen LogP contribution in [0.5, 0.6) is 0 Å². The highest BCUT2D eigenvalue weighted by Crippen LogP contribution is 2.13. The summed E-state index contributed by atoms with van der Waals surface area (Å²) in [4.78, 5) is 4.22. The number of anilines is 2. The molecule has 1 aromatic heterocycles. The van der Waals surface area contributed by atoms with Crippen LogP contribution in [0.25, 0.3) is 0 Å². The van der Waals surface area contributed by atoms with Crippen molar-refractivity contribution in [3.05, 3.63) is 17.8 Å². The van der Waals surface area contributed by atoms with Gasteiger partial charge in [-0.1, -0.05) is 13.3 Å². The van der Waals surface area contributed by atoms with Gasteiger partial charge < -0.3 is 15.8 Å². The van der Waals surface area contributed by atoms with Crippen molar-refractivity contribution in [2.75, 3.05) is 30.8 Å². The van der Waals surface area contributed by atoms with E-state index >= 15 is 0 Å². The van der Waals surface area contributed by atoms with Crippen LogP contribution in [0.15, 0.2) is 12.3 Å². The molecule has 0 aromatic carbocycles. The second-order valence-corrected chi connectivity index (χ2v) is 3.83. The SMILES string of the molecule is CCCCOCCNc1ncc(N)cc1C. The molecule has 0 spiro atoms. The molecule has 0 aliphatic rings. The number of nitrogens with two attached hydrogens (primary N) is 1. The Labute approximate surface area is 97.2 Å². The molecule has 90 valence electrons. The van der Waals surface area contributed by atoms with Crippen molar-refractivity contribution in [1.29, 1.82) is 0 Å². The van der Waals surface area contributed by atoms with Crippen molar-refractivity contribution >= 4 is 11.5 Å². The molecule has 0 unspecified atom stereocenters. The number of hydrogen-bond acceptors (Lipinski definition) is 4. The zero-order valence-electron chi connectivity index (χ0n) is 10.1. The van der Waals surface area contributed by atoms with E-state index in [-0.39, 0.29) is 0 Å². The summed E-state index contributed by atoms with van der Waals surface area (Å²) in [5.41, 5.74) is 7.38. The topological polar surface area (TPSA) is 60.2 Å². The van der Waals surface area contributed by atoms with Crippen LogP contribution >= 0.6 is 0 Å². The molecule has 1 heterocycles. The van der Waals surface area contributed by atoms with Gasteiger partial charge in [0, 0.05) is 13.2 Å². The Hall–Kier alpha value is -1.29. The summed E-state index contributed by atoms with van der Waals surface area (Å²) >= 11 is 0. The molecule has 0 amide bonds. The standard InChI is InChI=1S/C12H21N3O/c1-3-4-6-16-7-5-14-12-10(2)8-11(13)9-15-12/h8-9H,3-7,13H2,1-2H3,(H,14,15). The molecule has 16 heavy (non-hydrogen) atoms. The number of nitrogen functional groups attached to an aromatic ring is 1. The van der Waals surface area contributed by atoms with Crippen LogP contribution in [0.3, 0.4) is 0 Å². The Kier molecular flexibility index (Phi) is 5.64. The third-order valence-electron chi connectivity index (χ3n) is 2.28. The highest BCUT2D eigenvalue weighted by Gasteiger charge is 1.98. The molecule has 4 heteroatoms. The molecule has 1 aromatic rings. The first-order valence-electron chi connectivity index (χ1n) is 5.77. The van der Waals surface area contributed by atoms with Gasteiger partial charge in [0.1, 0.15) is 5.82 Å². The molecule has 0 aliphatic carbocycles. The lowest BCUT2D eigenvalue weighted by Crippen LogP contribution is -2.12. The average molecular weight is 223 g/mol. The lowest BCUT2D eigenvalue weighted by Gasteiger charge is -2.09. The predicted octanol–water partition coefficient (Wildman–Crippen LogP) is 2.20. The number of hydrogen-bond donors (Lipinski definition) is 2. The van der Waals surface area contributed by atoms with Gasteiger partial charge in [-0.05, 0) is 25.0 Å². The molecule has 0 aliphatic heterocycles. The molecule has 4 nitrogen and oxygen atoms in total. The number of pyridine rings is 1. The summed E-state index contributed by atoms with van der Waals surface area (Å²) in [5, 5.41) is 3.23. The van der Waals surface area contributed by atoms with Gasteiger partial charge in [0.25, 0.3) is 0 Å². The Morgan fingerprint density at radius 1 is 1.44 bits per heavy atom. The lowest BCUT2D eigenvalue weighted by atomic mass is 10.2. The van der Waals surface area contributed by atoms with Crippen LogP contribution in [0.2, 0.25) is 0 Å². The number of nitrogens with zero attached hydrogens (tertiary/aromatic N) is 1. The van der Waals surface area contributed by atoms with Crippen molar-refractivity contribution < 1.29 is 4.74 Å². The van der Waals surface area contributed by atoms with Crippen molar-refractivity contribution in [1.82, 2.24) is 4.98 Å². The number of aryl methyl sites for hydroxylation is 1. The fourth-order valence-corrected chi connectivity index (χ4v) is 1.37. The third kappa shape index (κ3) is 4.49. The zero-order chi connectivity index (χ0) is 11.8. The number of aromatic nitrogens is 1. The van der Waals surface area contributed by atoms with Crippen LogP contribution in [-0.4, -0.2) is 24.7 Å². The minimum absolute atomic E-state index is 0.697. The van der Waals surface area contributed by atoms with E-state index in [1.807, 2.05) is 13.0 Å². The van der Waals surface area contributed by atoms with Gasteiger partial charge in [-0.15, -0.1) is 0 Å². The monoisotopic (exact) mass is 223 g/mol. The van der Waals surface area contributed by atoms with E-state index in [9.17, 15) is 0 Å². The van der Waals surface area contributed by atoms with E-state index in [1.165, 1.54) is 6.42 Å². The molecular formula is C12H21N3O. The molecule has 0 saturated heterocycles. The fourth-order valence-electron chi connectivity index (χ4n) is 1.37. The summed E-state index contributed by atoms with van der Waals surface area (Å²) in [7, 11) is 0. The molecule has 1 rings (SSSR count). The summed E-state index contributed by atoms with van der Waals surface area (Å²) in [5.74, 6) is 0.883. The zero-order valence-corrected chi connectivity index (χ0v) is 10.1. The van der Waals surface area contributed by atoms with E-state index < -0.39 is 0 Å². The van der Waals surface area contributed by atoms with Gasteiger partial charge in [0.15, 0.2) is 0 Å². The predicted molar refractivity (Wildman–Crippen MR) is 67.6 cm³/mol. The Morgan fingerprint density at radius 2 is 2.25 bits per heavy atom. The molecule has 0 radical (unpaired) electrons. The van der Waals surface area contributed by atoms with Crippen LogP contribution in [0.1, 0.15) is 25.3 Å². The molecular weight excluding hydrogens is 202 g/mol. The van der Waals surface area contributed by atoms with E-state index in [1.54, 1.807) is 6.20 Å². The van der Waals surface area contributed by atoms with E-state index in [0.717, 1.165) is 31.0 Å².